The number of benzene rings is 1. The van der Waals surface area contributed by atoms with Gasteiger partial charge in [0.25, 0.3) is 0 Å². The minimum atomic E-state index is -0.603. The molecule has 0 aliphatic heterocycles. The zero-order chi connectivity index (χ0) is 11.5. The van der Waals surface area contributed by atoms with Crippen molar-refractivity contribution in [3.05, 3.63) is 34.7 Å². The van der Waals surface area contributed by atoms with Gasteiger partial charge in [-0.15, -0.1) is 0 Å². The van der Waals surface area contributed by atoms with Crippen molar-refractivity contribution in [2.24, 2.45) is 0 Å². The van der Waals surface area contributed by atoms with E-state index in [2.05, 4.69) is 0 Å². The Morgan fingerprint density at radius 1 is 1.31 bits per heavy atom. The average Bonchev–Trinajstić information content (AvgIpc) is 2.26. The third-order valence-corrected chi connectivity index (χ3v) is 2.05. The van der Waals surface area contributed by atoms with Gasteiger partial charge in [0.05, 0.1) is 18.1 Å². The molecule has 0 unspecified atom stereocenters. The topological polar surface area (TPSA) is 79.9 Å². The molecule has 0 aliphatic carbocycles. The second-order valence-corrected chi connectivity index (χ2v) is 3.18. The standard InChI is InChI=1S/C11H10O5/c12-3-4-15-7-1-2-10-8(5-7)9(13)6-11(14)16-10/h1-2,5-6,12-13H,3-4H2. The van der Waals surface area contributed by atoms with Gasteiger partial charge in [0, 0.05) is 0 Å². The number of hydrogen-bond acceptors (Lipinski definition) is 5. The van der Waals surface area contributed by atoms with E-state index in [1.54, 1.807) is 12.1 Å². The summed E-state index contributed by atoms with van der Waals surface area (Å²) in [6.45, 7) is 0.0803. The van der Waals surface area contributed by atoms with Gasteiger partial charge in [0.1, 0.15) is 23.7 Å². The molecule has 1 heterocycles. The van der Waals surface area contributed by atoms with Crippen molar-refractivity contribution in [1.29, 1.82) is 0 Å². The Hall–Kier alpha value is -2.01. The normalized spacial score (nSPS) is 10.6. The summed E-state index contributed by atoms with van der Waals surface area (Å²) in [5.74, 6) is 0.339. The van der Waals surface area contributed by atoms with Crippen LogP contribution in [-0.2, 0) is 0 Å². The number of rotatable bonds is 3. The largest absolute Gasteiger partial charge is 0.507 e. The zero-order valence-corrected chi connectivity index (χ0v) is 8.34. The Labute approximate surface area is 90.5 Å². The quantitative estimate of drug-likeness (QED) is 0.753. The van der Waals surface area contributed by atoms with Crippen LogP contribution in [0.2, 0.25) is 0 Å². The number of hydrogen-bond donors (Lipinski definition) is 2. The Morgan fingerprint density at radius 3 is 2.88 bits per heavy atom. The first-order valence-corrected chi connectivity index (χ1v) is 4.71. The number of ether oxygens (including phenoxy) is 1. The molecule has 0 atom stereocenters. The van der Waals surface area contributed by atoms with Crippen molar-refractivity contribution in [3.63, 3.8) is 0 Å². The lowest BCUT2D eigenvalue weighted by Crippen LogP contribution is -2.01. The van der Waals surface area contributed by atoms with Crippen LogP contribution >= 0.6 is 0 Å². The fourth-order valence-corrected chi connectivity index (χ4v) is 1.38. The van der Waals surface area contributed by atoms with Gasteiger partial charge in [-0.1, -0.05) is 0 Å². The molecule has 0 aliphatic rings. The maximum Gasteiger partial charge on any atom is 0.339 e. The van der Waals surface area contributed by atoms with E-state index >= 15 is 0 Å². The lowest BCUT2D eigenvalue weighted by Gasteiger charge is -2.05. The van der Waals surface area contributed by atoms with Crippen molar-refractivity contribution >= 4 is 11.0 Å². The monoisotopic (exact) mass is 222 g/mol. The second-order valence-electron chi connectivity index (χ2n) is 3.18. The van der Waals surface area contributed by atoms with Gasteiger partial charge in [-0.2, -0.15) is 0 Å². The maximum absolute atomic E-state index is 11.0. The van der Waals surface area contributed by atoms with Crippen LogP contribution < -0.4 is 10.4 Å². The van der Waals surface area contributed by atoms with Crippen molar-refractivity contribution in [2.45, 2.75) is 0 Å². The molecule has 0 saturated heterocycles. The molecule has 0 fully saturated rings. The van der Waals surface area contributed by atoms with Crippen LogP contribution in [0.5, 0.6) is 11.5 Å². The summed E-state index contributed by atoms with van der Waals surface area (Å²) in [6.07, 6.45) is 0. The van der Waals surface area contributed by atoms with E-state index in [4.69, 9.17) is 14.3 Å². The van der Waals surface area contributed by atoms with Crippen molar-refractivity contribution in [3.8, 4) is 11.5 Å². The fourth-order valence-electron chi connectivity index (χ4n) is 1.38. The molecule has 0 radical (unpaired) electrons. The summed E-state index contributed by atoms with van der Waals surface area (Å²) in [7, 11) is 0. The molecule has 0 spiro atoms. The SMILES string of the molecule is O=c1cc(O)c2cc(OCCO)ccc2o1. The predicted molar refractivity (Wildman–Crippen MR) is 56.7 cm³/mol. The van der Waals surface area contributed by atoms with Gasteiger partial charge >= 0.3 is 5.63 Å². The van der Waals surface area contributed by atoms with Crippen LogP contribution in [0.1, 0.15) is 0 Å². The highest BCUT2D eigenvalue weighted by molar-refractivity contribution is 5.84. The van der Waals surface area contributed by atoms with Crippen LogP contribution in [0, 0.1) is 0 Å². The van der Waals surface area contributed by atoms with E-state index in [-0.39, 0.29) is 19.0 Å². The molecule has 1 aromatic carbocycles. The van der Waals surface area contributed by atoms with Crippen molar-refractivity contribution in [2.75, 3.05) is 13.2 Å². The van der Waals surface area contributed by atoms with E-state index in [1.807, 2.05) is 0 Å². The van der Waals surface area contributed by atoms with E-state index < -0.39 is 5.63 Å². The fraction of sp³-hybridized carbons (Fsp3) is 0.182. The van der Waals surface area contributed by atoms with Gasteiger partial charge in [-0.25, -0.2) is 4.79 Å². The highest BCUT2D eigenvalue weighted by atomic mass is 16.5. The highest BCUT2D eigenvalue weighted by Gasteiger charge is 2.05. The van der Waals surface area contributed by atoms with E-state index in [1.165, 1.54) is 6.07 Å². The van der Waals surface area contributed by atoms with Crippen LogP contribution in [-0.4, -0.2) is 23.4 Å². The summed E-state index contributed by atoms with van der Waals surface area (Å²) < 4.78 is 10.0. The van der Waals surface area contributed by atoms with E-state index in [0.717, 1.165) is 6.07 Å². The lowest BCUT2D eigenvalue weighted by molar-refractivity contribution is 0.201. The van der Waals surface area contributed by atoms with Gasteiger partial charge in [-0.3, -0.25) is 0 Å². The van der Waals surface area contributed by atoms with Crippen LogP contribution in [0.25, 0.3) is 11.0 Å². The Morgan fingerprint density at radius 2 is 2.12 bits per heavy atom. The first kappa shape index (κ1) is 10.5. The minimum Gasteiger partial charge on any atom is -0.507 e. The molecule has 0 amide bonds. The number of aliphatic hydroxyl groups excluding tert-OH is 1. The Bertz CT molecular complexity index is 558. The summed E-state index contributed by atoms with van der Waals surface area (Å²) in [4.78, 5) is 11.0. The maximum atomic E-state index is 11.0. The van der Waals surface area contributed by atoms with Crippen LogP contribution in [0.3, 0.4) is 0 Å². The highest BCUT2D eigenvalue weighted by Crippen LogP contribution is 2.26. The molecule has 1 aromatic heterocycles. The van der Waals surface area contributed by atoms with Gasteiger partial charge in [0.15, 0.2) is 0 Å². The third kappa shape index (κ3) is 1.99. The Balaban J connectivity index is 2.49. The minimum absolute atomic E-state index is 0.0894. The summed E-state index contributed by atoms with van der Waals surface area (Å²) in [5.41, 5.74) is -0.310. The second kappa shape index (κ2) is 4.24. The summed E-state index contributed by atoms with van der Waals surface area (Å²) in [5, 5.41) is 18.5. The van der Waals surface area contributed by atoms with Crippen LogP contribution in [0.4, 0.5) is 0 Å². The summed E-state index contributed by atoms with van der Waals surface area (Å²) in [6, 6.07) is 5.67. The van der Waals surface area contributed by atoms with Gasteiger partial charge < -0.3 is 19.4 Å². The Kier molecular flexibility index (Phi) is 2.78. The molecule has 2 rings (SSSR count). The molecule has 5 nitrogen and oxygen atoms in total. The molecule has 5 heteroatoms. The number of fused-ring (bicyclic) bond motifs is 1. The first-order valence-electron chi connectivity index (χ1n) is 4.71. The predicted octanol–water partition coefficient (Wildman–Crippen LogP) is 0.870. The molecule has 84 valence electrons. The first-order chi connectivity index (χ1) is 7.70. The lowest BCUT2D eigenvalue weighted by atomic mass is 10.2. The zero-order valence-electron chi connectivity index (χ0n) is 8.34. The molecule has 0 saturated carbocycles. The smallest absolute Gasteiger partial charge is 0.339 e. The average molecular weight is 222 g/mol. The number of aliphatic hydroxyl groups is 1. The molecule has 2 N–H and O–H groups in total. The van der Waals surface area contributed by atoms with Crippen LogP contribution in [0.15, 0.2) is 33.5 Å². The van der Waals surface area contributed by atoms with Gasteiger partial charge in [0.2, 0.25) is 0 Å². The molecule has 2 aromatic rings. The van der Waals surface area contributed by atoms with Crippen molar-refractivity contribution < 1.29 is 19.4 Å². The molecular weight excluding hydrogens is 212 g/mol. The number of aromatic hydroxyl groups is 1. The van der Waals surface area contributed by atoms with E-state index in [0.29, 0.717) is 16.7 Å². The summed E-state index contributed by atoms with van der Waals surface area (Å²) >= 11 is 0. The third-order valence-electron chi connectivity index (χ3n) is 2.05. The molecule has 0 bridgehead atoms. The molecule has 16 heavy (non-hydrogen) atoms. The van der Waals surface area contributed by atoms with E-state index in [9.17, 15) is 9.90 Å². The van der Waals surface area contributed by atoms with Crippen molar-refractivity contribution in [1.82, 2.24) is 0 Å². The van der Waals surface area contributed by atoms with Gasteiger partial charge in [-0.05, 0) is 18.2 Å². The molecular formula is C11H10O5.